The smallest absolute Gasteiger partial charge is 0.408 e. The van der Waals surface area contributed by atoms with Crippen LogP contribution in [0.1, 0.15) is 38.3 Å². The van der Waals surface area contributed by atoms with Crippen LogP contribution in [-0.4, -0.2) is 49.1 Å². The molecule has 0 spiro atoms. The molecule has 0 aliphatic carbocycles. The summed E-state index contributed by atoms with van der Waals surface area (Å²) in [6.07, 6.45) is -0.478. The third-order valence-corrected chi connectivity index (χ3v) is 4.81. The number of sulfone groups is 1. The van der Waals surface area contributed by atoms with Gasteiger partial charge >= 0.3 is 17.3 Å². The molecular weight excluding hydrogens is 402 g/mol. The van der Waals surface area contributed by atoms with Gasteiger partial charge in [0.05, 0.1) is 7.11 Å². The van der Waals surface area contributed by atoms with Crippen LogP contribution in [0.2, 0.25) is 0 Å². The predicted molar refractivity (Wildman–Crippen MR) is 101 cm³/mol. The minimum Gasteiger partial charge on any atom is -0.468 e. The Kier molecular flexibility index (Phi) is 6.96. The number of aromatic nitrogens is 2. The number of rotatable bonds is 7. The summed E-state index contributed by atoms with van der Waals surface area (Å²) in [4.78, 5) is 23.5. The Balaban J connectivity index is 2.27. The number of amides is 1. The molecular formula is C18H23N3O7S. The summed E-state index contributed by atoms with van der Waals surface area (Å²) in [5, 5.41) is 9.14. The lowest BCUT2D eigenvalue weighted by molar-refractivity contribution is -0.137. The Hall–Kier alpha value is -2.95. The fourth-order valence-corrected chi connectivity index (χ4v) is 3.19. The van der Waals surface area contributed by atoms with Gasteiger partial charge in [-0.1, -0.05) is 35.4 Å². The fourth-order valence-electron chi connectivity index (χ4n) is 2.26. The topological polar surface area (TPSA) is 138 Å². The van der Waals surface area contributed by atoms with Crippen LogP contribution in [0, 0.1) is 0 Å². The maximum absolute atomic E-state index is 12.2. The number of hydrogen-bond donors (Lipinski definition) is 1. The lowest BCUT2D eigenvalue weighted by Gasteiger charge is -2.22. The molecule has 0 aliphatic rings. The van der Waals surface area contributed by atoms with E-state index in [2.05, 4.69) is 20.3 Å². The van der Waals surface area contributed by atoms with Gasteiger partial charge in [-0.05, 0) is 26.3 Å². The molecule has 29 heavy (non-hydrogen) atoms. The van der Waals surface area contributed by atoms with Crippen molar-refractivity contribution in [2.75, 3.05) is 12.9 Å². The van der Waals surface area contributed by atoms with E-state index in [1.165, 1.54) is 0 Å². The van der Waals surface area contributed by atoms with Crippen LogP contribution in [0.4, 0.5) is 4.79 Å². The highest BCUT2D eigenvalue weighted by Gasteiger charge is 2.30. The van der Waals surface area contributed by atoms with Gasteiger partial charge in [0.1, 0.15) is 11.6 Å². The van der Waals surface area contributed by atoms with E-state index in [1.807, 2.05) is 30.3 Å². The molecule has 2 aromatic rings. The lowest BCUT2D eigenvalue weighted by Crippen LogP contribution is -2.36. The number of nitrogens with zero attached hydrogens (tertiary/aromatic N) is 2. The second-order valence-electron chi connectivity index (χ2n) is 7.13. The monoisotopic (exact) mass is 425 g/mol. The van der Waals surface area contributed by atoms with Gasteiger partial charge in [0, 0.05) is 6.42 Å². The van der Waals surface area contributed by atoms with E-state index in [-0.39, 0.29) is 12.3 Å². The normalized spacial score (nSPS) is 12.8. The molecule has 1 amide bonds. The quantitative estimate of drug-likeness (QED) is 0.658. The standard InChI is InChI=1S/C18H23N3O7S/c1-18(2,3)28-16(23)19-13(10-12-8-6-5-7-9-12)15-20-21-17(27-15)29(24,25)11-14(22)26-4/h5-9,13H,10-11H2,1-4H3,(H,19,23)/t13-/m1/s1. The largest absolute Gasteiger partial charge is 0.468 e. The first-order chi connectivity index (χ1) is 13.5. The van der Waals surface area contributed by atoms with E-state index in [0.717, 1.165) is 12.7 Å². The minimum absolute atomic E-state index is 0.136. The van der Waals surface area contributed by atoms with Gasteiger partial charge in [-0.15, -0.1) is 5.10 Å². The van der Waals surface area contributed by atoms with Crippen LogP contribution >= 0.6 is 0 Å². The van der Waals surface area contributed by atoms with Crippen LogP contribution in [-0.2, 0) is 30.5 Å². The van der Waals surface area contributed by atoms with Crippen molar-refractivity contribution in [3.63, 3.8) is 0 Å². The van der Waals surface area contributed by atoms with Gasteiger partial charge in [-0.25, -0.2) is 13.2 Å². The van der Waals surface area contributed by atoms with Crippen LogP contribution in [0.25, 0.3) is 0 Å². The Morgan fingerprint density at radius 3 is 2.41 bits per heavy atom. The molecule has 158 valence electrons. The lowest BCUT2D eigenvalue weighted by atomic mass is 10.1. The summed E-state index contributed by atoms with van der Waals surface area (Å²) < 4.78 is 39.3. The molecule has 0 aliphatic heterocycles. The third-order valence-electron chi connectivity index (χ3n) is 3.50. The second kappa shape index (κ2) is 9.03. The van der Waals surface area contributed by atoms with Crippen molar-refractivity contribution >= 4 is 21.9 Å². The van der Waals surface area contributed by atoms with E-state index < -0.39 is 44.5 Å². The van der Waals surface area contributed by atoms with Gasteiger partial charge in [0.25, 0.3) is 0 Å². The number of hydrogen-bond acceptors (Lipinski definition) is 9. The number of carbonyl (C=O) groups excluding carboxylic acids is 2. The van der Waals surface area contributed by atoms with E-state index >= 15 is 0 Å². The van der Waals surface area contributed by atoms with Gasteiger partial charge in [0.2, 0.25) is 15.7 Å². The van der Waals surface area contributed by atoms with E-state index in [0.29, 0.717) is 0 Å². The first-order valence-corrected chi connectivity index (χ1v) is 10.3. The van der Waals surface area contributed by atoms with Crippen LogP contribution in [0.5, 0.6) is 0 Å². The number of nitrogens with one attached hydrogen (secondary N) is 1. The van der Waals surface area contributed by atoms with Crippen molar-refractivity contribution in [3.05, 3.63) is 41.8 Å². The van der Waals surface area contributed by atoms with Crippen LogP contribution in [0.15, 0.2) is 40.0 Å². The molecule has 2 rings (SSSR count). The average molecular weight is 425 g/mol. The summed E-state index contributed by atoms with van der Waals surface area (Å²) in [6.45, 7) is 5.13. The van der Waals surface area contributed by atoms with Gasteiger partial charge < -0.3 is 19.2 Å². The van der Waals surface area contributed by atoms with E-state index in [4.69, 9.17) is 9.15 Å². The maximum atomic E-state index is 12.2. The number of carbonyl (C=O) groups is 2. The predicted octanol–water partition coefficient (Wildman–Crippen LogP) is 1.82. The number of methoxy groups -OCH3 is 1. The average Bonchev–Trinajstić information content (AvgIpc) is 3.11. The molecule has 0 radical (unpaired) electrons. The minimum atomic E-state index is -4.17. The Labute approximate surface area is 168 Å². The van der Waals surface area contributed by atoms with Crippen LogP contribution in [0.3, 0.4) is 0 Å². The van der Waals surface area contributed by atoms with Gasteiger partial charge in [-0.2, -0.15) is 0 Å². The molecule has 1 atom stereocenters. The molecule has 1 heterocycles. The Morgan fingerprint density at radius 2 is 1.83 bits per heavy atom. The fraction of sp³-hybridized carbons (Fsp3) is 0.444. The molecule has 11 heteroatoms. The van der Waals surface area contributed by atoms with Crippen molar-refractivity contribution in [2.24, 2.45) is 0 Å². The zero-order valence-corrected chi connectivity index (χ0v) is 17.4. The van der Waals surface area contributed by atoms with Crippen molar-refractivity contribution in [2.45, 2.75) is 44.1 Å². The zero-order valence-electron chi connectivity index (χ0n) is 16.5. The molecule has 1 N–H and O–H groups in total. The zero-order chi connectivity index (χ0) is 21.7. The van der Waals surface area contributed by atoms with Gasteiger partial charge in [-0.3, -0.25) is 4.79 Å². The molecule has 0 fully saturated rings. The number of ether oxygens (including phenoxy) is 2. The highest BCUT2D eigenvalue weighted by Crippen LogP contribution is 2.21. The summed E-state index contributed by atoms with van der Waals surface area (Å²) in [5.41, 5.74) is 0.108. The van der Waals surface area contributed by atoms with Crippen LogP contribution < -0.4 is 5.32 Å². The molecule has 0 saturated carbocycles. The van der Waals surface area contributed by atoms with Gasteiger partial charge in [0.15, 0.2) is 5.75 Å². The van der Waals surface area contributed by atoms with E-state index in [1.54, 1.807) is 20.8 Å². The summed E-state index contributed by atoms with van der Waals surface area (Å²) in [5.74, 6) is -2.03. The Bertz CT molecular complexity index is 949. The molecule has 1 aromatic heterocycles. The third kappa shape index (κ3) is 6.86. The molecule has 1 aromatic carbocycles. The number of esters is 1. The summed E-state index contributed by atoms with van der Waals surface area (Å²) in [6, 6.07) is 8.29. The van der Waals surface area contributed by atoms with Crippen molar-refractivity contribution in [1.82, 2.24) is 15.5 Å². The second-order valence-corrected chi connectivity index (χ2v) is 9.00. The number of benzene rings is 1. The molecule has 0 bridgehead atoms. The first-order valence-electron chi connectivity index (χ1n) is 8.66. The summed E-state index contributed by atoms with van der Waals surface area (Å²) in [7, 11) is -3.11. The summed E-state index contributed by atoms with van der Waals surface area (Å²) >= 11 is 0. The maximum Gasteiger partial charge on any atom is 0.408 e. The molecule has 0 saturated heterocycles. The highest BCUT2D eigenvalue weighted by molar-refractivity contribution is 7.91. The van der Waals surface area contributed by atoms with Crippen molar-refractivity contribution in [1.29, 1.82) is 0 Å². The van der Waals surface area contributed by atoms with Crippen molar-refractivity contribution < 1.29 is 31.9 Å². The van der Waals surface area contributed by atoms with E-state index in [9.17, 15) is 18.0 Å². The SMILES string of the molecule is COC(=O)CS(=O)(=O)c1nnc([C@@H](Cc2ccccc2)NC(=O)OC(C)(C)C)o1. The molecule has 0 unspecified atom stereocenters. The first kappa shape index (κ1) is 22.3. The van der Waals surface area contributed by atoms with Crippen molar-refractivity contribution in [3.8, 4) is 0 Å². The number of alkyl carbamates (subject to hydrolysis) is 1. The Morgan fingerprint density at radius 1 is 1.17 bits per heavy atom. The highest BCUT2D eigenvalue weighted by atomic mass is 32.2. The molecule has 10 nitrogen and oxygen atoms in total.